The molecule has 2 aromatic carbocycles. The van der Waals surface area contributed by atoms with Gasteiger partial charge in [0.2, 0.25) is 0 Å². The van der Waals surface area contributed by atoms with Crippen LogP contribution < -0.4 is 10.1 Å². The predicted molar refractivity (Wildman–Crippen MR) is 87.4 cm³/mol. The molecule has 0 saturated carbocycles. The van der Waals surface area contributed by atoms with Gasteiger partial charge in [0.15, 0.2) is 0 Å². The number of methoxy groups -OCH3 is 1. The maximum absolute atomic E-state index is 14.3. The normalized spacial score (nSPS) is 12.2. The van der Waals surface area contributed by atoms with Gasteiger partial charge in [-0.25, -0.2) is 4.39 Å². The predicted octanol–water partition coefficient (Wildman–Crippen LogP) is 4.60. The minimum absolute atomic E-state index is 0.207. The summed E-state index contributed by atoms with van der Waals surface area (Å²) in [6, 6.07) is 10.7. The molecule has 21 heavy (non-hydrogen) atoms. The SMILES string of the molecule is CCNC(c1cc(C)ccc1F)c1cc(OC)ccc1Br. The van der Waals surface area contributed by atoms with Crippen LogP contribution in [0.25, 0.3) is 0 Å². The second-order valence-corrected chi connectivity index (χ2v) is 5.76. The second-order valence-electron chi connectivity index (χ2n) is 4.90. The summed E-state index contributed by atoms with van der Waals surface area (Å²) in [4.78, 5) is 0. The van der Waals surface area contributed by atoms with Crippen molar-refractivity contribution in [2.75, 3.05) is 13.7 Å². The molecule has 4 heteroatoms. The first-order valence-electron chi connectivity index (χ1n) is 6.89. The molecule has 112 valence electrons. The van der Waals surface area contributed by atoms with E-state index in [1.54, 1.807) is 13.2 Å². The largest absolute Gasteiger partial charge is 0.497 e. The van der Waals surface area contributed by atoms with Crippen LogP contribution in [0.15, 0.2) is 40.9 Å². The Kier molecular flexibility index (Phi) is 5.37. The van der Waals surface area contributed by atoms with Crippen LogP contribution >= 0.6 is 15.9 Å². The zero-order valence-corrected chi connectivity index (χ0v) is 14.0. The average Bonchev–Trinajstić information content (AvgIpc) is 2.48. The van der Waals surface area contributed by atoms with Crippen molar-refractivity contribution >= 4 is 15.9 Å². The van der Waals surface area contributed by atoms with Gasteiger partial charge in [0.05, 0.1) is 13.2 Å². The number of rotatable bonds is 5. The number of halogens is 2. The van der Waals surface area contributed by atoms with Gasteiger partial charge in [-0.3, -0.25) is 0 Å². The van der Waals surface area contributed by atoms with Crippen molar-refractivity contribution in [2.24, 2.45) is 0 Å². The highest BCUT2D eigenvalue weighted by molar-refractivity contribution is 9.10. The third-order valence-corrected chi connectivity index (χ3v) is 4.11. The molecule has 0 heterocycles. The molecule has 0 spiro atoms. The van der Waals surface area contributed by atoms with Crippen molar-refractivity contribution < 1.29 is 9.13 Å². The van der Waals surface area contributed by atoms with Gasteiger partial charge in [-0.15, -0.1) is 0 Å². The van der Waals surface area contributed by atoms with Gasteiger partial charge < -0.3 is 10.1 Å². The summed E-state index contributed by atoms with van der Waals surface area (Å²) in [5, 5.41) is 3.35. The van der Waals surface area contributed by atoms with E-state index in [2.05, 4.69) is 21.2 Å². The molecule has 0 amide bonds. The summed E-state index contributed by atoms with van der Waals surface area (Å²) in [7, 11) is 1.63. The van der Waals surface area contributed by atoms with Gasteiger partial charge in [-0.2, -0.15) is 0 Å². The van der Waals surface area contributed by atoms with Crippen molar-refractivity contribution in [1.29, 1.82) is 0 Å². The van der Waals surface area contributed by atoms with Crippen LogP contribution in [0.1, 0.15) is 29.7 Å². The first kappa shape index (κ1) is 16.0. The third-order valence-electron chi connectivity index (χ3n) is 3.38. The van der Waals surface area contributed by atoms with Crippen LogP contribution in [-0.2, 0) is 0 Å². The highest BCUT2D eigenvalue weighted by atomic mass is 79.9. The summed E-state index contributed by atoms with van der Waals surface area (Å²) in [6.07, 6.45) is 0. The molecule has 1 N–H and O–H groups in total. The minimum atomic E-state index is -0.223. The Balaban J connectivity index is 2.55. The molecule has 0 aliphatic carbocycles. The van der Waals surface area contributed by atoms with Crippen molar-refractivity contribution in [2.45, 2.75) is 19.9 Å². The van der Waals surface area contributed by atoms with E-state index < -0.39 is 0 Å². The van der Waals surface area contributed by atoms with Crippen LogP contribution in [0.5, 0.6) is 5.75 Å². The lowest BCUT2D eigenvalue weighted by molar-refractivity contribution is 0.413. The molecule has 0 fully saturated rings. The summed E-state index contributed by atoms with van der Waals surface area (Å²) >= 11 is 3.55. The lowest BCUT2D eigenvalue weighted by Crippen LogP contribution is -2.23. The monoisotopic (exact) mass is 351 g/mol. The van der Waals surface area contributed by atoms with E-state index in [4.69, 9.17) is 4.74 Å². The van der Waals surface area contributed by atoms with Crippen LogP contribution in [-0.4, -0.2) is 13.7 Å². The van der Waals surface area contributed by atoms with E-state index in [9.17, 15) is 4.39 Å². The molecule has 1 atom stereocenters. The Labute approximate surface area is 133 Å². The average molecular weight is 352 g/mol. The van der Waals surface area contributed by atoms with E-state index in [0.717, 1.165) is 27.9 Å². The molecule has 0 saturated heterocycles. The molecule has 2 aromatic rings. The molecule has 1 unspecified atom stereocenters. The second kappa shape index (κ2) is 7.05. The van der Waals surface area contributed by atoms with Crippen LogP contribution in [0.2, 0.25) is 0 Å². The Bertz CT molecular complexity index is 630. The van der Waals surface area contributed by atoms with Crippen LogP contribution in [0.4, 0.5) is 4.39 Å². The van der Waals surface area contributed by atoms with Crippen LogP contribution in [0.3, 0.4) is 0 Å². The zero-order chi connectivity index (χ0) is 15.4. The van der Waals surface area contributed by atoms with E-state index in [1.165, 1.54) is 6.07 Å². The van der Waals surface area contributed by atoms with Crippen molar-refractivity contribution in [1.82, 2.24) is 5.32 Å². The Hall–Kier alpha value is -1.39. The number of ether oxygens (including phenoxy) is 1. The van der Waals surface area contributed by atoms with Gasteiger partial charge in [0.1, 0.15) is 11.6 Å². The lowest BCUT2D eigenvalue weighted by atomic mass is 9.96. The fourth-order valence-electron chi connectivity index (χ4n) is 2.35. The summed E-state index contributed by atoms with van der Waals surface area (Å²) < 4.78 is 20.5. The van der Waals surface area contributed by atoms with Gasteiger partial charge >= 0.3 is 0 Å². The third kappa shape index (κ3) is 3.63. The first-order chi connectivity index (χ1) is 10.1. The minimum Gasteiger partial charge on any atom is -0.497 e. The standard InChI is InChI=1S/C17H19BrFNO/c1-4-20-17(14-9-11(2)5-8-16(14)19)13-10-12(21-3)6-7-15(13)18/h5-10,17,20H,4H2,1-3H3. The van der Waals surface area contributed by atoms with Crippen molar-refractivity contribution in [3.8, 4) is 5.75 Å². The molecule has 0 aliphatic heterocycles. The fraction of sp³-hybridized carbons (Fsp3) is 0.294. The van der Waals surface area contributed by atoms with Gasteiger partial charge in [-0.1, -0.05) is 40.5 Å². The Morgan fingerprint density at radius 3 is 2.62 bits per heavy atom. The maximum Gasteiger partial charge on any atom is 0.128 e. The molecule has 0 radical (unpaired) electrons. The summed E-state index contributed by atoms with van der Waals surface area (Å²) in [6.45, 7) is 4.71. The highest BCUT2D eigenvalue weighted by Gasteiger charge is 2.20. The maximum atomic E-state index is 14.3. The summed E-state index contributed by atoms with van der Waals surface area (Å²) in [5.74, 6) is 0.547. The van der Waals surface area contributed by atoms with Crippen molar-refractivity contribution in [3.63, 3.8) is 0 Å². The van der Waals surface area contributed by atoms with E-state index in [1.807, 2.05) is 38.1 Å². The number of nitrogens with one attached hydrogen (secondary N) is 1. The molecular formula is C17H19BrFNO. The van der Waals surface area contributed by atoms with Gasteiger partial charge in [0.25, 0.3) is 0 Å². The van der Waals surface area contributed by atoms with E-state index in [0.29, 0.717) is 5.56 Å². The molecule has 2 nitrogen and oxygen atoms in total. The fourth-order valence-corrected chi connectivity index (χ4v) is 2.82. The van der Waals surface area contributed by atoms with E-state index in [-0.39, 0.29) is 11.9 Å². The zero-order valence-electron chi connectivity index (χ0n) is 12.4. The number of benzene rings is 2. The molecule has 0 aliphatic rings. The molecule has 0 bridgehead atoms. The number of hydrogen-bond donors (Lipinski definition) is 1. The molecule has 2 rings (SSSR count). The number of aryl methyl sites for hydroxylation is 1. The smallest absolute Gasteiger partial charge is 0.128 e. The lowest BCUT2D eigenvalue weighted by Gasteiger charge is -2.22. The highest BCUT2D eigenvalue weighted by Crippen LogP contribution is 2.33. The Morgan fingerprint density at radius 2 is 1.95 bits per heavy atom. The first-order valence-corrected chi connectivity index (χ1v) is 7.69. The number of hydrogen-bond acceptors (Lipinski definition) is 2. The van der Waals surface area contributed by atoms with Crippen LogP contribution in [0, 0.1) is 12.7 Å². The topological polar surface area (TPSA) is 21.3 Å². The molecular weight excluding hydrogens is 333 g/mol. The summed E-state index contributed by atoms with van der Waals surface area (Å²) in [5.41, 5.74) is 2.64. The molecule has 0 aromatic heterocycles. The van der Waals surface area contributed by atoms with E-state index >= 15 is 0 Å². The Morgan fingerprint density at radius 1 is 1.19 bits per heavy atom. The van der Waals surface area contributed by atoms with Gasteiger partial charge in [0, 0.05) is 10.0 Å². The van der Waals surface area contributed by atoms with Gasteiger partial charge in [-0.05, 0) is 43.3 Å². The van der Waals surface area contributed by atoms with Crippen molar-refractivity contribution in [3.05, 3.63) is 63.4 Å². The quantitative estimate of drug-likeness (QED) is 0.849.